The number of methoxy groups -OCH3 is 1. The fourth-order valence-electron chi connectivity index (χ4n) is 2.69. The van der Waals surface area contributed by atoms with Crippen molar-refractivity contribution in [2.75, 3.05) is 14.2 Å². The number of aromatic amines is 2. The molecule has 10 nitrogen and oxygen atoms in total. The van der Waals surface area contributed by atoms with Crippen LogP contribution in [0.25, 0.3) is 0 Å². The molecule has 0 saturated heterocycles. The Balaban J connectivity index is 1.53. The monoisotopic (exact) mass is 346 g/mol. The van der Waals surface area contributed by atoms with Gasteiger partial charge in [-0.05, 0) is 12.8 Å². The first-order chi connectivity index (χ1) is 12.0. The van der Waals surface area contributed by atoms with Crippen LogP contribution in [0, 0.1) is 0 Å². The summed E-state index contributed by atoms with van der Waals surface area (Å²) in [5.41, 5.74) is 0.153. The molecule has 1 aliphatic carbocycles. The number of H-pyrrole nitrogens is 2. The second kappa shape index (κ2) is 6.75. The Hall–Kier alpha value is -3.17. The smallest absolute Gasteiger partial charge is 0.271 e. The minimum absolute atomic E-state index is 0.0148. The van der Waals surface area contributed by atoms with Crippen LogP contribution in [-0.4, -0.2) is 63.1 Å². The summed E-state index contributed by atoms with van der Waals surface area (Å²) < 4.78 is 5.06. The van der Waals surface area contributed by atoms with Crippen molar-refractivity contribution in [3.63, 3.8) is 0 Å². The van der Waals surface area contributed by atoms with Gasteiger partial charge in [-0.3, -0.25) is 14.4 Å². The Morgan fingerprint density at radius 2 is 2.12 bits per heavy atom. The molecule has 0 atom stereocenters. The third-order valence-electron chi connectivity index (χ3n) is 4.26. The number of nitrogens with one attached hydrogen (secondary N) is 3. The molecule has 0 unspecified atom stereocenters. The average Bonchev–Trinajstić information content (AvgIpc) is 3.05. The van der Waals surface area contributed by atoms with Crippen LogP contribution in [0.2, 0.25) is 0 Å². The maximum absolute atomic E-state index is 12.5. The van der Waals surface area contributed by atoms with Gasteiger partial charge in [-0.2, -0.15) is 5.10 Å². The summed E-state index contributed by atoms with van der Waals surface area (Å²) in [7, 11) is 3.17. The summed E-state index contributed by atoms with van der Waals surface area (Å²) in [5.74, 6) is -0.224. The molecule has 1 fully saturated rings. The highest BCUT2D eigenvalue weighted by Crippen LogP contribution is 2.27. The summed E-state index contributed by atoms with van der Waals surface area (Å²) in [6.45, 7) is 0. The molecule has 0 bridgehead atoms. The lowest BCUT2D eigenvalue weighted by molar-refractivity contribution is 0.0581. The van der Waals surface area contributed by atoms with E-state index in [1.54, 1.807) is 11.9 Å². The molecule has 2 amide bonds. The van der Waals surface area contributed by atoms with E-state index in [0.717, 1.165) is 6.20 Å². The van der Waals surface area contributed by atoms with Crippen LogP contribution < -0.4 is 15.6 Å². The lowest BCUT2D eigenvalue weighted by Crippen LogP contribution is -2.54. The molecule has 0 aliphatic heterocycles. The standard InChI is InChI=1S/C15H18N6O4/c1-21(15(24)10-5-18-20-14(10)25-2)9-3-8(4-9)19-13(23)11-6-17-12(22)7-16-11/h5-9H,3-4H2,1-2H3,(H,17,22)(H,18,20)(H,19,23). The normalized spacial score (nSPS) is 19.0. The van der Waals surface area contributed by atoms with E-state index in [2.05, 4.69) is 25.5 Å². The fourth-order valence-corrected chi connectivity index (χ4v) is 2.69. The zero-order valence-electron chi connectivity index (χ0n) is 13.8. The number of hydrogen-bond acceptors (Lipinski definition) is 6. The maximum Gasteiger partial charge on any atom is 0.271 e. The number of ether oxygens (including phenoxy) is 1. The van der Waals surface area contributed by atoms with Crippen LogP contribution in [-0.2, 0) is 0 Å². The maximum atomic E-state index is 12.5. The Kier molecular flexibility index (Phi) is 4.50. The Bertz CT molecular complexity index is 818. The highest BCUT2D eigenvalue weighted by atomic mass is 16.5. The molecular formula is C15H18N6O4. The van der Waals surface area contributed by atoms with Crippen LogP contribution in [0.15, 0.2) is 23.4 Å². The van der Waals surface area contributed by atoms with Gasteiger partial charge in [-0.1, -0.05) is 0 Å². The van der Waals surface area contributed by atoms with Gasteiger partial charge in [0.25, 0.3) is 17.4 Å². The molecule has 1 aliphatic rings. The molecule has 3 rings (SSSR count). The largest absolute Gasteiger partial charge is 0.481 e. The molecule has 0 aromatic carbocycles. The summed E-state index contributed by atoms with van der Waals surface area (Å²) >= 11 is 0. The molecule has 0 radical (unpaired) electrons. The van der Waals surface area contributed by atoms with Crippen LogP contribution >= 0.6 is 0 Å². The van der Waals surface area contributed by atoms with Crippen LogP contribution in [0.5, 0.6) is 5.88 Å². The molecule has 3 N–H and O–H groups in total. The van der Waals surface area contributed by atoms with Gasteiger partial charge >= 0.3 is 0 Å². The van der Waals surface area contributed by atoms with Crippen molar-refractivity contribution >= 4 is 11.8 Å². The number of amides is 2. The molecule has 132 valence electrons. The van der Waals surface area contributed by atoms with Gasteiger partial charge in [-0.25, -0.2) is 10.1 Å². The van der Waals surface area contributed by atoms with E-state index in [9.17, 15) is 14.4 Å². The number of hydrogen-bond donors (Lipinski definition) is 3. The number of nitrogens with zero attached hydrogens (tertiary/aromatic N) is 3. The second-order valence-corrected chi connectivity index (χ2v) is 5.82. The first-order valence-electron chi connectivity index (χ1n) is 7.69. The predicted molar refractivity (Wildman–Crippen MR) is 86.4 cm³/mol. The zero-order valence-corrected chi connectivity index (χ0v) is 13.8. The SMILES string of the molecule is COc1[nH]ncc1C(=O)N(C)C1CC(NC(=O)c2c[nH]c(=O)cn2)C1. The number of aromatic nitrogens is 4. The lowest BCUT2D eigenvalue weighted by atomic mass is 9.85. The van der Waals surface area contributed by atoms with E-state index in [0.29, 0.717) is 24.3 Å². The molecule has 2 aromatic rings. The number of rotatable bonds is 5. The summed E-state index contributed by atoms with van der Waals surface area (Å²) in [6, 6.07) is -0.0336. The van der Waals surface area contributed by atoms with Gasteiger partial charge in [0.15, 0.2) is 0 Å². The third kappa shape index (κ3) is 3.37. The van der Waals surface area contributed by atoms with Crippen LogP contribution in [0.3, 0.4) is 0 Å². The van der Waals surface area contributed by atoms with Crippen LogP contribution in [0.4, 0.5) is 0 Å². The minimum Gasteiger partial charge on any atom is -0.481 e. The van der Waals surface area contributed by atoms with E-state index in [4.69, 9.17) is 4.74 Å². The van der Waals surface area contributed by atoms with Crippen LogP contribution in [0.1, 0.15) is 33.7 Å². The van der Waals surface area contributed by atoms with Gasteiger partial charge in [0.1, 0.15) is 11.3 Å². The molecule has 25 heavy (non-hydrogen) atoms. The average molecular weight is 346 g/mol. The Morgan fingerprint density at radius 1 is 1.36 bits per heavy atom. The van der Waals surface area contributed by atoms with Gasteiger partial charge < -0.3 is 19.9 Å². The molecule has 10 heteroatoms. The Morgan fingerprint density at radius 3 is 2.76 bits per heavy atom. The predicted octanol–water partition coefficient (Wildman–Crippen LogP) is -0.465. The van der Waals surface area contributed by atoms with Crippen molar-refractivity contribution in [1.82, 2.24) is 30.4 Å². The van der Waals surface area contributed by atoms with E-state index >= 15 is 0 Å². The van der Waals surface area contributed by atoms with Gasteiger partial charge in [0, 0.05) is 25.3 Å². The van der Waals surface area contributed by atoms with E-state index < -0.39 is 0 Å². The first-order valence-corrected chi connectivity index (χ1v) is 7.69. The van der Waals surface area contributed by atoms with Gasteiger partial charge in [0.2, 0.25) is 5.88 Å². The van der Waals surface area contributed by atoms with Crippen molar-refractivity contribution in [2.45, 2.75) is 24.9 Å². The summed E-state index contributed by atoms with van der Waals surface area (Å²) in [6.07, 6.45) is 5.03. The topological polar surface area (TPSA) is 133 Å². The van der Waals surface area contributed by atoms with E-state index in [1.165, 1.54) is 19.5 Å². The number of carbonyl (C=O) groups excluding carboxylic acids is 2. The molecule has 0 spiro atoms. The summed E-state index contributed by atoms with van der Waals surface area (Å²) in [4.78, 5) is 43.3. The highest BCUT2D eigenvalue weighted by Gasteiger charge is 2.36. The molecule has 2 aromatic heterocycles. The quantitative estimate of drug-likeness (QED) is 0.670. The Labute approximate surface area is 142 Å². The van der Waals surface area contributed by atoms with Crippen molar-refractivity contribution in [3.8, 4) is 5.88 Å². The molecule has 2 heterocycles. The van der Waals surface area contributed by atoms with Crippen molar-refractivity contribution in [1.29, 1.82) is 0 Å². The highest BCUT2D eigenvalue weighted by molar-refractivity contribution is 5.96. The molecule has 1 saturated carbocycles. The van der Waals surface area contributed by atoms with E-state index in [1.807, 2.05) is 0 Å². The minimum atomic E-state index is -0.366. The molecular weight excluding hydrogens is 328 g/mol. The van der Waals surface area contributed by atoms with Crippen molar-refractivity contribution < 1.29 is 14.3 Å². The third-order valence-corrected chi connectivity index (χ3v) is 4.26. The summed E-state index contributed by atoms with van der Waals surface area (Å²) in [5, 5.41) is 9.25. The van der Waals surface area contributed by atoms with Gasteiger partial charge in [0.05, 0.1) is 19.5 Å². The second-order valence-electron chi connectivity index (χ2n) is 5.82. The first kappa shape index (κ1) is 16.7. The van der Waals surface area contributed by atoms with Crippen molar-refractivity contribution in [3.05, 3.63) is 40.2 Å². The van der Waals surface area contributed by atoms with Crippen molar-refractivity contribution in [2.24, 2.45) is 0 Å². The van der Waals surface area contributed by atoms with E-state index in [-0.39, 0.29) is 35.2 Å². The lowest BCUT2D eigenvalue weighted by Gasteiger charge is -2.41. The number of carbonyl (C=O) groups is 2. The zero-order chi connectivity index (χ0) is 18.0. The van der Waals surface area contributed by atoms with Gasteiger partial charge in [-0.15, -0.1) is 0 Å². The fraction of sp³-hybridized carbons (Fsp3) is 0.400.